The van der Waals surface area contributed by atoms with Crippen LogP contribution in [-0.2, 0) is 9.47 Å². The van der Waals surface area contributed by atoms with Crippen molar-refractivity contribution < 1.29 is 9.47 Å². The highest BCUT2D eigenvalue weighted by atomic mass is 16.5. The maximum Gasteiger partial charge on any atom is 0.256 e. The fraction of sp³-hybridized carbons (Fsp3) is 0.348. The molecule has 0 spiro atoms. The summed E-state index contributed by atoms with van der Waals surface area (Å²) in [5.41, 5.74) is 4.06. The normalized spacial score (nSPS) is 17.7. The zero-order valence-corrected chi connectivity index (χ0v) is 16.4. The quantitative estimate of drug-likeness (QED) is 0.744. The average molecular weight is 391 g/mol. The molecule has 2 saturated heterocycles. The van der Waals surface area contributed by atoms with Crippen LogP contribution < -0.4 is 15.4 Å². The van der Waals surface area contributed by atoms with Crippen molar-refractivity contribution >= 4 is 22.1 Å². The molecule has 2 fully saturated rings. The van der Waals surface area contributed by atoms with Crippen molar-refractivity contribution in [3.8, 4) is 11.3 Å². The van der Waals surface area contributed by atoms with Gasteiger partial charge in [0.25, 0.3) is 5.56 Å². The molecule has 5 rings (SSSR count). The molecule has 150 valence electrons. The lowest BCUT2D eigenvalue weighted by molar-refractivity contribution is 0.122. The van der Waals surface area contributed by atoms with Gasteiger partial charge in [-0.15, -0.1) is 0 Å². The van der Waals surface area contributed by atoms with E-state index < -0.39 is 0 Å². The molecule has 1 N–H and O–H groups in total. The standard InChI is InChI=1S/C23H25N3O3/c27-23-20-16-18(25-7-11-28-12-8-25)6-5-17(20)15-21(24-23)19-3-1-2-4-22(19)26-9-13-29-14-10-26/h1-6,15-16H,7-14H2,(H,24,27). The van der Waals surface area contributed by atoms with E-state index >= 15 is 0 Å². The summed E-state index contributed by atoms with van der Waals surface area (Å²) in [5, 5.41) is 1.68. The first kappa shape index (κ1) is 18.2. The Kier molecular flexibility index (Phi) is 4.96. The molecule has 0 atom stereocenters. The first-order valence-corrected chi connectivity index (χ1v) is 10.2. The number of anilines is 2. The van der Waals surface area contributed by atoms with Crippen LogP contribution in [0.5, 0.6) is 0 Å². The molecule has 0 aliphatic carbocycles. The Morgan fingerprint density at radius 3 is 2.24 bits per heavy atom. The molecule has 0 amide bonds. The van der Waals surface area contributed by atoms with Crippen molar-refractivity contribution in [3.05, 3.63) is 58.9 Å². The summed E-state index contributed by atoms with van der Waals surface area (Å²) in [4.78, 5) is 20.7. The van der Waals surface area contributed by atoms with Gasteiger partial charge in [-0.25, -0.2) is 0 Å². The Labute approximate surface area is 169 Å². The van der Waals surface area contributed by atoms with Crippen molar-refractivity contribution in [1.82, 2.24) is 4.98 Å². The monoisotopic (exact) mass is 391 g/mol. The molecular weight excluding hydrogens is 366 g/mol. The summed E-state index contributed by atoms with van der Waals surface area (Å²) >= 11 is 0. The number of pyridine rings is 1. The van der Waals surface area contributed by atoms with E-state index in [1.165, 1.54) is 0 Å². The molecule has 0 bridgehead atoms. The number of morpholine rings is 2. The molecule has 2 aliphatic rings. The highest BCUT2D eigenvalue weighted by Crippen LogP contribution is 2.31. The molecule has 0 unspecified atom stereocenters. The Hall–Kier alpha value is -2.83. The highest BCUT2D eigenvalue weighted by Gasteiger charge is 2.17. The van der Waals surface area contributed by atoms with Gasteiger partial charge in [-0.05, 0) is 29.7 Å². The lowest BCUT2D eigenvalue weighted by Gasteiger charge is -2.30. The molecule has 0 radical (unpaired) electrons. The predicted octanol–water partition coefficient (Wildman–Crippen LogP) is 2.87. The Morgan fingerprint density at radius 1 is 0.793 bits per heavy atom. The van der Waals surface area contributed by atoms with E-state index in [4.69, 9.17) is 9.47 Å². The molecule has 6 heteroatoms. The van der Waals surface area contributed by atoms with Gasteiger partial charge in [0.1, 0.15) is 0 Å². The maximum absolute atomic E-state index is 13.0. The summed E-state index contributed by atoms with van der Waals surface area (Å²) in [6, 6.07) is 16.5. The van der Waals surface area contributed by atoms with Crippen LogP contribution in [0.1, 0.15) is 0 Å². The molecule has 3 aromatic rings. The van der Waals surface area contributed by atoms with E-state index in [0.29, 0.717) is 0 Å². The Bertz CT molecular complexity index is 1070. The number of fused-ring (bicyclic) bond motifs is 1. The number of hydrogen-bond donors (Lipinski definition) is 1. The minimum Gasteiger partial charge on any atom is -0.378 e. The number of rotatable bonds is 3. The van der Waals surface area contributed by atoms with Crippen LogP contribution in [0.25, 0.3) is 22.0 Å². The summed E-state index contributed by atoms with van der Waals surface area (Å²) in [5.74, 6) is 0. The van der Waals surface area contributed by atoms with E-state index in [-0.39, 0.29) is 5.56 Å². The van der Waals surface area contributed by atoms with E-state index in [0.717, 1.165) is 86.0 Å². The third-order valence-electron chi connectivity index (χ3n) is 5.75. The second kappa shape index (κ2) is 7.89. The fourth-order valence-corrected chi connectivity index (χ4v) is 4.19. The van der Waals surface area contributed by atoms with Gasteiger partial charge in [0, 0.05) is 48.5 Å². The molecule has 3 heterocycles. The third kappa shape index (κ3) is 3.61. The SMILES string of the molecule is O=c1[nH]c(-c2ccccc2N2CCOCC2)cc2ccc(N3CCOCC3)cc12. The van der Waals surface area contributed by atoms with Crippen LogP contribution in [0.15, 0.2) is 53.3 Å². The molecule has 1 aromatic heterocycles. The molecule has 29 heavy (non-hydrogen) atoms. The first-order chi connectivity index (χ1) is 14.3. The zero-order valence-electron chi connectivity index (χ0n) is 16.4. The number of ether oxygens (including phenoxy) is 2. The summed E-state index contributed by atoms with van der Waals surface area (Å²) in [7, 11) is 0. The lowest BCUT2D eigenvalue weighted by Crippen LogP contribution is -2.36. The number of benzene rings is 2. The van der Waals surface area contributed by atoms with Crippen LogP contribution in [0, 0.1) is 0 Å². The number of aromatic nitrogens is 1. The van der Waals surface area contributed by atoms with E-state index in [1.807, 2.05) is 18.2 Å². The molecule has 2 aromatic carbocycles. The number of hydrogen-bond acceptors (Lipinski definition) is 5. The summed E-state index contributed by atoms with van der Waals surface area (Å²) in [6.45, 7) is 6.34. The van der Waals surface area contributed by atoms with Gasteiger partial charge in [0.15, 0.2) is 0 Å². The van der Waals surface area contributed by atoms with Crippen LogP contribution in [0.4, 0.5) is 11.4 Å². The van der Waals surface area contributed by atoms with Gasteiger partial charge in [0.2, 0.25) is 0 Å². The van der Waals surface area contributed by atoms with Gasteiger partial charge < -0.3 is 24.3 Å². The molecule has 6 nitrogen and oxygen atoms in total. The molecule has 0 saturated carbocycles. The van der Waals surface area contributed by atoms with Gasteiger partial charge in [-0.2, -0.15) is 0 Å². The van der Waals surface area contributed by atoms with Crippen molar-refractivity contribution in [2.24, 2.45) is 0 Å². The summed E-state index contributed by atoms with van der Waals surface area (Å²) in [6.07, 6.45) is 0. The van der Waals surface area contributed by atoms with E-state index in [2.05, 4.69) is 45.1 Å². The van der Waals surface area contributed by atoms with Crippen LogP contribution in [0.2, 0.25) is 0 Å². The second-order valence-electron chi connectivity index (χ2n) is 7.50. The average Bonchev–Trinajstić information content (AvgIpc) is 2.80. The Morgan fingerprint density at radius 2 is 1.48 bits per heavy atom. The van der Waals surface area contributed by atoms with Gasteiger partial charge in [-0.1, -0.05) is 24.3 Å². The largest absolute Gasteiger partial charge is 0.378 e. The molecular formula is C23H25N3O3. The fourth-order valence-electron chi connectivity index (χ4n) is 4.19. The summed E-state index contributed by atoms with van der Waals surface area (Å²) < 4.78 is 10.9. The maximum atomic E-state index is 13.0. The number of nitrogens with zero attached hydrogens (tertiary/aromatic N) is 2. The van der Waals surface area contributed by atoms with E-state index in [9.17, 15) is 4.79 Å². The minimum atomic E-state index is -0.0515. The predicted molar refractivity (Wildman–Crippen MR) is 116 cm³/mol. The topological polar surface area (TPSA) is 57.8 Å². The van der Waals surface area contributed by atoms with Crippen LogP contribution >= 0.6 is 0 Å². The lowest BCUT2D eigenvalue weighted by atomic mass is 10.0. The second-order valence-corrected chi connectivity index (χ2v) is 7.50. The third-order valence-corrected chi connectivity index (χ3v) is 5.75. The van der Waals surface area contributed by atoms with Crippen molar-refractivity contribution in [1.29, 1.82) is 0 Å². The number of aromatic amines is 1. The Balaban J connectivity index is 1.54. The first-order valence-electron chi connectivity index (χ1n) is 10.2. The smallest absolute Gasteiger partial charge is 0.256 e. The van der Waals surface area contributed by atoms with Gasteiger partial charge in [-0.3, -0.25) is 4.79 Å². The highest BCUT2D eigenvalue weighted by molar-refractivity contribution is 5.89. The van der Waals surface area contributed by atoms with Crippen LogP contribution in [-0.4, -0.2) is 57.6 Å². The van der Waals surface area contributed by atoms with Crippen LogP contribution in [0.3, 0.4) is 0 Å². The number of para-hydroxylation sites is 1. The van der Waals surface area contributed by atoms with E-state index in [1.54, 1.807) is 0 Å². The zero-order chi connectivity index (χ0) is 19.6. The van der Waals surface area contributed by atoms with Gasteiger partial charge >= 0.3 is 0 Å². The number of nitrogens with one attached hydrogen (secondary N) is 1. The van der Waals surface area contributed by atoms with Crippen molar-refractivity contribution in [3.63, 3.8) is 0 Å². The number of H-pyrrole nitrogens is 1. The minimum absolute atomic E-state index is 0.0515. The van der Waals surface area contributed by atoms with Gasteiger partial charge in [0.05, 0.1) is 32.1 Å². The van der Waals surface area contributed by atoms with Crippen molar-refractivity contribution in [2.45, 2.75) is 0 Å². The van der Waals surface area contributed by atoms with Crippen molar-refractivity contribution in [2.75, 3.05) is 62.4 Å². The molecule has 2 aliphatic heterocycles.